The van der Waals surface area contributed by atoms with Crippen molar-refractivity contribution in [1.82, 2.24) is 9.21 Å². The van der Waals surface area contributed by atoms with Crippen LogP contribution in [0.4, 0.5) is 0 Å². The first-order chi connectivity index (χ1) is 11.3. The van der Waals surface area contributed by atoms with E-state index < -0.39 is 10.0 Å². The van der Waals surface area contributed by atoms with Crippen LogP contribution in [0.5, 0.6) is 0 Å². The van der Waals surface area contributed by atoms with Gasteiger partial charge in [0.15, 0.2) is 5.78 Å². The van der Waals surface area contributed by atoms with E-state index in [1.807, 2.05) is 19.1 Å². The zero-order valence-corrected chi connectivity index (χ0v) is 15.0. The number of ketones is 1. The lowest BCUT2D eigenvalue weighted by atomic mass is 10.0. The van der Waals surface area contributed by atoms with E-state index in [9.17, 15) is 18.0 Å². The van der Waals surface area contributed by atoms with Crippen molar-refractivity contribution in [2.75, 3.05) is 32.4 Å². The topological polar surface area (TPSA) is 74.8 Å². The minimum Gasteiger partial charge on any atom is -0.341 e. The van der Waals surface area contributed by atoms with Crippen molar-refractivity contribution >= 4 is 21.7 Å². The maximum Gasteiger partial charge on any atom is 0.223 e. The van der Waals surface area contributed by atoms with E-state index in [0.29, 0.717) is 38.2 Å². The van der Waals surface area contributed by atoms with Crippen LogP contribution in [0.1, 0.15) is 35.2 Å². The van der Waals surface area contributed by atoms with Crippen molar-refractivity contribution in [3.8, 4) is 0 Å². The second kappa shape index (κ2) is 7.90. The normalized spacial score (nSPS) is 16.7. The lowest BCUT2D eigenvalue weighted by Crippen LogP contribution is -2.37. The molecule has 1 amide bonds. The van der Waals surface area contributed by atoms with E-state index in [1.54, 1.807) is 17.0 Å². The van der Waals surface area contributed by atoms with E-state index in [1.165, 1.54) is 10.6 Å². The van der Waals surface area contributed by atoms with Gasteiger partial charge in [0.25, 0.3) is 0 Å². The molecule has 0 saturated carbocycles. The van der Waals surface area contributed by atoms with Crippen LogP contribution in [-0.2, 0) is 14.8 Å². The van der Waals surface area contributed by atoms with Gasteiger partial charge in [0.1, 0.15) is 0 Å². The summed E-state index contributed by atoms with van der Waals surface area (Å²) in [7, 11) is -3.22. The van der Waals surface area contributed by atoms with Crippen molar-refractivity contribution in [2.24, 2.45) is 0 Å². The molecule has 0 atom stereocenters. The summed E-state index contributed by atoms with van der Waals surface area (Å²) in [5, 5.41) is 0. The first-order valence-electron chi connectivity index (χ1n) is 8.10. The maximum atomic E-state index is 12.3. The van der Waals surface area contributed by atoms with Crippen LogP contribution < -0.4 is 0 Å². The third-order valence-electron chi connectivity index (χ3n) is 4.22. The van der Waals surface area contributed by atoms with Gasteiger partial charge in [0.2, 0.25) is 15.9 Å². The SMILES string of the molecule is Cc1ccc(C(=O)CCC(=O)N2CCCN(S(C)(=O)=O)CC2)cc1. The first kappa shape index (κ1) is 18.6. The smallest absolute Gasteiger partial charge is 0.223 e. The maximum absolute atomic E-state index is 12.3. The van der Waals surface area contributed by atoms with Crippen molar-refractivity contribution in [2.45, 2.75) is 26.2 Å². The molecule has 1 aromatic carbocycles. The second-order valence-corrected chi connectivity index (χ2v) is 8.17. The van der Waals surface area contributed by atoms with Crippen molar-refractivity contribution in [3.63, 3.8) is 0 Å². The third kappa shape index (κ3) is 5.14. The minimum absolute atomic E-state index is 0.0454. The molecule has 1 aromatic rings. The molecule has 1 heterocycles. The Morgan fingerprint density at radius 3 is 2.29 bits per heavy atom. The van der Waals surface area contributed by atoms with Gasteiger partial charge in [-0.15, -0.1) is 0 Å². The molecule has 0 spiro atoms. The molecular formula is C17H24N2O4S. The minimum atomic E-state index is -3.22. The lowest BCUT2D eigenvalue weighted by Gasteiger charge is -2.21. The molecule has 0 aliphatic carbocycles. The van der Waals surface area contributed by atoms with Gasteiger partial charge in [-0.1, -0.05) is 29.8 Å². The Morgan fingerprint density at radius 1 is 1.00 bits per heavy atom. The highest BCUT2D eigenvalue weighted by molar-refractivity contribution is 7.88. The molecule has 24 heavy (non-hydrogen) atoms. The van der Waals surface area contributed by atoms with Crippen LogP contribution in [0.2, 0.25) is 0 Å². The summed E-state index contributed by atoms with van der Waals surface area (Å²) in [5.41, 5.74) is 1.70. The molecule has 0 aromatic heterocycles. The average Bonchev–Trinajstić information content (AvgIpc) is 2.79. The Kier molecular flexibility index (Phi) is 6.12. The van der Waals surface area contributed by atoms with Gasteiger partial charge in [-0.05, 0) is 13.3 Å². The Labute approximate surface area is 143 Å². The van der Waals surface area contributed by atoms with Gasteiger partial charge in [-0.3, -0.25) is 9.59 Å². The Hall–Kier alpha value is -1.73. The summed E-state index contributed by atoms with van der Waals surface area (Å²) >= 11 is 0. The number of hydrogen-bond donors (Lipinski definition) is 0. The number of sulfonamides is 1. The summed E-state index contributed by atoms with van der Waals surface area (Å²) < 4.78 is 24.6. The Bertz CT molecular complexity index is 698. The number of Topliss-reactive ketones (excluding diaryl/α,β-unsaturated/α-hetero) is 1. The van der Waals surface area contributed by atoms with E-state index >= 15 is 0 Å². The van der Waals surface area contributed by atoms with Crippen LogP contribution in [0.25, 0.3) is 0 Å². The molecule has 1 fully saturated rings. The molecule has 0 unspecified atom stereocenters. The van der Waals surface area contributed by atoms with E-state index in [0.717, 1.165) is 5.56 Å². The van der Waals surface area contributed by atoms with Crippen molar-refractivity contribution in [1.29, 1.82) is 0 Å². The van der Waals surface area contributed by atoms with Gasteiger partial charge >= 0.3 is 0 Å². The molecule has 132 valence electrons. The molecule has 2 rings (SSSR count). The number of carbonyl (C=O) groups is 2. The van der Waals surface area contributed by atoms with Gasteiger partial charge in [0.05, 0.1) is 6.26 Å². The van der Waals surface area contributed by atoms with Crippen LogP contribution in [0.15, 0.2) is 24.3 Å². The van der Waals surface area contributed by atoms with Crippen LogP contribution >= 0.6 is 0 Å². The highest BCUT2D eigenvalue weighted by Gasteiger charge is 2.24. The Morgan fingerprint density at radius 2 is 1.67 bits per heavy atom. The fourth-order valence-corrected chi connectivity index (χ4v) is 3.61. The van der Waals surface area contributed by atoms with E-state index in [4.69, 9.17) is 0 Å². The monoisotopic (exact) mass is 352 g/mol. The largest absolute Gasteiger partial charge is 0.341 e. The predicted molar refractivity (Wildman–Crippen MR) is 92.4 cm³/mol. The van der Waals surface area contributed by atoms with Gasteiger partial charge in [0, 0.05) is 44.6 Å². The number of carbonyl (C=O) groups excluding carboxylic acids is 2. The van der Waals surface area contributed by atoms with Crippen LogP contribution in [0.3, 0.4) is 0 Å². The highest BCUT2D eigenvalue weighted by Crippen LogP contribution is 2.11. The lowest BCUT2D eigenvalue weighted by molar-refractivity contribution is -0.131. The zero-order chi connectivity index (χ0) is 17.7. The third-order valence-corrected chi connectivity index (χ3v) is 5.52. The average molecular weight is 352 g/mol. The van der Waals surface area contributed by atoms with Gasteiger partial charge in [-0.2, -0.15) is 0 Å². The number of hydrogen-bond acceptors (Lipinski definition) is 4. The fraction of sp³-hybridized carbons (Fsp3) is 0.529. The quantitative estimate of drug-likeness (QED) is 0.752. The standard InChI is InChI=1S/C17H24N2O4S/c1-14-4-6-15(7-5-14)16(20)8-9-17(21)18-10-3-11-19(13-12-18)24(2,22)23/h4-7H,3,8-13H2,1-2H3. The number of amides is 1. The molecule has 1 aliphatic rings. The summed E-state index contributed by atoms with van der Waals surface area (Å²) in [6.07, 6.45) is 2.13. The summed E-state index contributed by atoms with van der Waals surface area (Å²) in [5.74, 6) is -0.137. The molecule has 1 aliphatic heterocycles. The second-order valence-electron chi connectivity index (χ2n) is 6.19. The number of rotatable bonds is 5. The van der Waals surface area contributed by atoms with Crippen molar-refractivity contribution in [3.05, 3.63) is 35.4 Å². The molecule has 6 nitrogen and oxygen atoms in total. The summed E-state index contributed by atoms with van der Waals surface area (Å²) in [4.78, 5) is 26.1. The summed E-state index contributed by atoms with van der Waals surface area (Å²) in [6, 6.07) is 7.31. The molecule has 0 N–H and O–H groups in total. The van der Waals surface area contributed by atoms with E-state index in [-0.39, 0.29) is 24.5 Å². The van der Waals surface area contributed by atoms with Crippen LogP contribution in [0, 0.1) is 6.92 Å². The highest BCUT2D eigenvalue weighted by atomic mass is 32.2. The zero-order valence-electron chi connectivity index (χ0n) is 14.2. The molecule has 0 radical (unpaired) electrons. The molecular weight excluding hydrogens is 328 g/mol. The molecule has 7 heteroatoms. The van der Waals surface area contributed by atoms with Crippen molar-refractivity contribution < 1.29 is 18.0 Å². The number of nitrogens with zero attached hydrogens (tertiary/aromatic N) is 2. The Balaban J connectivity index is 1.86. The molecule has 1 saturated heterocycles. The van der Waals surface area contributed by atoms with Crippen LogP contribution in [-0.4, -0.2) is 61.7 Å². The van der Waals surface area contributed by atoms with Gasteiger partial charge in [-0.25, -0.2) is 12.7 Å². The fourth-order valence-electron chi connectivity index (χ4n) is 2.74. The number of benzene rings is 1. The van der Waals surface area contributed by atoms with E-state index in [2.05, 4.69) is 0 Å². The van der Waals surface area contributed by atoms with Gasteiger partial charge < -0.3 is 4.90 Å². The predicted octanol–water partition coefficient (Wildman–Crippen LogP) is 1.45. The first-order valence-corrected chi connectivity index (χ1v) is 9.95. The molecule has 0 bridgehead atoms. The summed E-state index contributed by atoms with van der Waals surface area (Å²) in [6.45, 7) is 3.62. The number of aryl methyl sites for hydroxylation is 1.